The smallest absolute Gasteiger partial charge is 0.472 e. The Balaban J connectivity index is 2.37. The summed E-state index contributed by atoms with van der Waals surface area (Å²) in [4.78, 5) is 21.9. The van der Waals surface area contributed by atoms with Gasteiger partial charge >= 0.3 is 7.82 Å². The van der Waals surface area contributed by atoms with Crippen LogP contribution in [-0.4, -0.2) is 36.5 Å². The third-order valence-corrected chi connectivity index (χ3v) is 7.41. The molecule has 0 fully saturated rings. The summed E-state index contributed by atoms with van der Waals surface area (Å²) in [7, 11) is -4.21. The Hall–Kier alpha value is -1.24. The highest BCUT2D eigenvalue weighted by Gasteiger charge is 2.26. The van der Waals surface area contributed by atoms with Crippen LogP contribution in [0.3, 0.4) is 0 Å². The van der Waals surface area contributed by atoms with Crippen molar-refractivity contribution in [3.63, 3.8) is 0 Å². The summed E-state index contributed by atoms with van der Waals surface area (Å²) in [6.07, 6.45) is 13.2. The van der Waals surface area contributed by atoms with Crippen LogP contribution in [0.4, 0.5) is 0 Å². The Morgan fingerprint density at radius 2 is 1.61 bits per heavy atom. The monoisotopic (exact) mass is 527 g/mol. The van der Waals surface area contributed by atoms with E-state index in [-0.39, 0.29) is 24.9 Å². The molecular weight excluding hydrogens is 477 g/mol. The third kappa shape index (κ3) is 16.5. The molecule has 0 aliphatic rings. The van der Waals surface area contributed by atoms with E-state index in [1.807, 2.05) is 31.2 Å². The first kappa shape index (κ1) is 32.8. The van der Waals surface area contributed by atoms with Crippen LogP contribution in [0.1, 0.15) is 103 Å². The number of hydrogen-bond donors (Lipinski definition) is 2. The van der Waals surface area contributed by atoms with Crippen LogP contribution in [0.15, 0.2) is 24.3 Å². The summed E-state index contributed by atoms with van der Waals surface area (Å²) in [5, 5.41) is 0. The number of phosphoric ester groups is 1. The molecule has 208 valence electrons. The maximum Gasteiger partial charge on any atom is 0.472 e. The summed E-state index contributed by atoms with van der Waals surface area (Å²) < 4.78 is 28.2. The van der Waals surface area contributed by atoms with Gasteiger partial charge in [0.2, 0.25) is 0 Å². The molecule has 0 saturated heterocycles. The van der Waals surface area contributed by atoms with Crippen LogP contribution in [0.25, 0.3) is 0 Å². The maximum atomic E-state index is 12.1. The van der Waals surface area contributed by atoms with Crippen molar-refractivity contribution in [3.05, 3.63) is 29.8 Å². The van der Waals surface area contributed by atoms with Crippen LogP contribution < -0.4 is 10.5 Å². The van der Waals surface area contributed by atoms with Gasteiger partial charge in [-0.15, -0.1) is 0 Å². The van der Waals surface area contributed by atoms with Gasteiger partial charge in [0.05, 0.1) is 19.3 Å². The number of hydrogen-bond acceptors (Lipinski definition) is 6. The van der Waals surface area contributed by atoms with E-state index in [1.165, 1.54) is 51.4 Å². The second kappa shape index (κ2) is 19.8. The molecule has 7 nitrogen and oxygen atoms in total. The number of nitrogens with two attached hydrogens (primary N) is 1. The molecule has 0 heterocycles. The summed E-state index contributed by atoms with van der Waals surface area (Å²) in [5.74, 6) is 0.803. The number of carbonyl (C=O) groups is 1. The molecule has 3 atom stereocenters. The van der Waals surface area contributed by atoms with Gasteiger partial charge in [0.15, 0.2) is 0 Å². The minimum atomic E-state index is -4.21. The fraction of sp³-hybridized carbons (Fsp3) is 0.750. The Bertz CT molecular complexity index is 742. The van der Waals surface area contributed by atoms with E-state index in [4.69, 9.17) is 19.5 Å². The molecule has 8 heteroatoms. The molecule has 1 rings (SSSR count). The number of phosphoric acid groups is 1. The van der Waals surface area contributed by atoms with Crippen LogP contribution in [0.2, 0.25) is 0 Å². The van der Waals surface area contributed by atoms with E-state index in [1.54, 1.807) is 6.92 Å². The normalized spacial score (nSPS) is 14.8. The van der Waals surface area contributed by atoms with Crippen molar-refractivity contribution >= 4 is 13.6 Å². The summed E-state index contributed by atoms with van der Waals surface area (Å²) in [6, 6.07) is 8.04. The molecule has 0 aliphatic heterocycles. The molecule has 0 spiro atoms. The van der Waals surface area contributed by atoms with Crippen LogP contribution in [0.5, 0.6) is 5.75 Å². The number of aryl methyl sites for hydroxylation is 1. The molecule has 36 heavy (non-hydrogen) atoms. The minimum absolute atomic E-state index is 0.0171. The molecule has 0 aliphatic carbocycles. The lowest BCUT2D eigenvalue weighted by Crippen LogP contribution is -2.20. The van der Waals surface area contributed by atoms with Gasteiger partial charge in [-0.2, -0.15) is 0 Å². The summed E-state index contributed by atoms with van der Waals surface area (Å²) in [6.45, 7) is 6.50. The largest absolute Gasteiger partial charge is 0.494 e. The number of benzene rings is 1. The summed E-state index contributed by atoms with van der Waals surface area (Å²) in [5.41, 5.74) is 6.57. The fourth-order valence-electron chi connectivity index (χ4n) is 3.94. The quantitative estimate of drug-likeness (QED) is 0.117. The number of Topliss-reactive ketones (excluding diaryl/α,β-unsaturated/α-hetero) is 1. The van der Waals surface area contributed by atoms with Crippen LogP contribution in [-0.2, 0) is 24.8 Å². The maximum absolute atomic E-state index is 12.1. The van der Waals surface area contributed by atoms with E-state index < -0.39 is 13.9 Å². The molecule has 0 aromatic heterocycles. The van der Waals surface area contributed by atoms with E-state index in [0.717, 1.165) is 30.8 Å². The topological polar surface area (TPSA) is 108 Å². The van der Waals surface area contributed by atoms with E-state index in [0.29, 0.717) is 19.3 Å². The first-order valence-corrected chi connectivity index (χ1v) is 15.4. The van der Waals surface area contributed by atoms with Crippen molar-refractivity contribution in [1.29, 1.82) is 0 Å². The first-order valence-electron chi connectivity index (χ1n) is 13.9. The van der Waals surface area contributed by atoms with Gasteiger partial charge in [0, 0.05) is 19.4 Å². The van der Waals surface area contributed by atoms with Crippen LogP contribution in [0, 0.1) is 5.92 Å². The van der Waals surface area contributed by atoms with Crippen molar-refractivity contribution in [1.82, 2.24) is 0 Å². The SMILES string of the molecule is CCCCCCCCCCCOc1ccc(CCC(COP(=O)(O)OC(C)CN)CC(=O)CC)cc1. The second-order valence-electron chi connectivity index (χ2n) is 9.74. The number of ketones is 1. The number of ether oxygens (including phenoxy) is 1. The molecular formula is C28H50NO6P. The standard InChI is InChI=1S/C28H50NO6P/c1-4-6-7-8-9-10-11-12-13-20-33-28-18-16-25(17-19-28)14-15-26(21-27(30)5-2)23-34-36(31,32)35-24(3)22-29/h16-19,24,26H,4-15,20-23,29H2,1-3H3,(H,31,32). The van der Waals surface area contributed by atoms with Crippen molar-refractivity contribution in [2.75, 3.05) is 19.8 Å². The lowest BCUT2D eigenvalue weighted by molar-refractivity contribution is -0.120. The fourth-order valence-corrected chi connectivity index (χ4v) is 4.94. The highest BCUT2D eigenvalue weighted by Crippen LogP contribution is 2.45. The molecule has 1 aromatic carbocycles. The van der Waals surface area contributed by atoms with Gasteiger partial charge in [0.1, 0.15) is 11.5 Å². The minimum Gasteiger partial charge on any atom is -0.494 e. The second-order valence-corrected chi connectivity index (χ2v) is 11.1. The average molecular weight is 528 g/mol. The first-order chi connectivity index (χ1) is 17.3. The Labute approximate surface area is 219 Å². The van der Waals surface area contributed by atoms with Crippen molar-refractivity contribution in [2.24, 2.45) is 11.7 Å². The van der Waals surface area contributed by atoms with Crippen molar-refractivity contribution < 1.29 is 28.0 Å². The number of rotatable bonds is 23. The third-order valence-electron chi connectivity index (χ3n) is 6.31. The van der Waals surface area contributed by atoms with Gasteiger partial charge in [-0.1, -0.05) is 77.3 Å². The molecule has 0 amide bonds. The molecule has 0 radical (unpaired) electrons. The lowest BCUT2D eigenvalue weighted by atomic mass is 9.94. The molecule has 3 unspecified atom stereocenters. The highest BCUT2D eigenvalue weighted by molar-refractivity contribution is 7.47. The van der Waals surface area contributed by atoms with Crippen molar-refractivity contribution in [3.8, 4) is 5.75 Å². The zero-order valence-electron chi connectivity index (χ0n) is 22.8. The Morgan fingerprint density at radius 1 is 1.00 bits per heavy atom. The molecule has 0 bridgehead atoms. The Kier molecular flexibility index (Phi) is 18.0. The van der Waals surface area contributed by atoms with E-state index in [9.17, 15) is 14.3 Å². The lowest BCUT2D eigenvalue weighted by Gasteiger charge is -2.20. The van der Waals surface area contributed by atoms with E-state index in [2.05, 4.69) is 6.92 Å². The van der Waals surface area contributed by atoms with Gasteiger partial charge in [0.25, 0.3) is 0 Å². The Morgan fingerprint density at radius 3 is 2.19 bits per heavy atom. The number of unbranched alkanes of at least 4 members (excludes halogenated alkanes) is 8. The summed E-state index contributed by atoms with van der Waals surface area (Å²) >= 11 is 0. The molecule has 3 N–H and O–H groups in total. The molecule has 0 saturated carbocycles. The van der Waals surface area contributed by atoms with Gasteiger partial charge < -0.3 is 15.4 Å². The molecule has 1 aromatic rings. The average Bonchev–Trinajstić information content (AvgIpc) is 2.87. The highest BCUT2D eigenvalue weighted by atomic mass is 31.2. The predicted molar refractivity (Wildman–Crippen MR) is 146 cm³/mol. The van der Waals surface area contributed by atoms with Gasteiger partial charge in [-0.25, -0.2) is 4.57 Å². The zero-order valence-corrected chi connectivity index (χ0v) is 23.7. The van der Waals surface area contributed by atoms with E-state index >= 15 is 0 Å². The van der Waals surface area contributed by atoms with Crippen molar-refractivity contribution in [2.45, 2.75) is 110 Å². The zero-order chi connectivity index (χ0) is 26.7. The number of carbonyl (C=O) groups excluding carboxylic acids is 1. The predicted octanol–water partition coefficient (Wildman–Crippen LogP) is 7.00. The van der Waals surface area contributed by atoms with Crippen LogP contribution >= 0.6 is 7.82 Å². The van der Waals surface area contributed by atoms with Gasteiger partial charge in [-0.05, 0) is 49.8 Å². The van der Waals surface area contributed by atoms with Gasteiger partial charge in [-0.3, -0.25) is 13.8 Å².